The summed E-state index contributed by atoms with van der Waals surface area (Å²) in [6, 6.07) is 6.03. The van der Waals surface area contributed by atoms with E-state index in [4.69, 9.17) is 4.74 Å². The van der Waals surface area contributed by atoms with Gasteiger partial charge in [0.05, 0.1) is 0 Å². The van der Waals surface area contributed by atoms with E-state index < -0.39 is 0 Å². The molecule has 12 heavy (non-hydrogen) atoms. The summed E-state index contributed by atoms with van der Waals surface area (Å²) in [5.41, 5.74) is 4.93. The van der Waals surface area contributed by atoms with Crippen molar-refractivity contribution in [3.05, 3.63) is 47.9 Å². The van der Waals surface area contributed by atoms with E-state index in [1.165, 1.54) is 11.8 Å². The van der Waals surface area contributed by atoms with Gasteiger partial charge in [0, 0.05) is 0 Å². The van der Waals surface area contributed by atoms with Crippen LogP contribution in [0.25, 0.3) is 0 Å². The highest BCUT2D eigenvalue weighted by atomic mass is 16.5. The quantitative estimate of drug-likeness (QED) is 0.477. The zero-order valence-corrected chi connectivity index (χ0v) is 7.42. The van der Waals surface area contributed by atoms with Crippen LogP contribution in [0.2, 0.25) is 0 Å². The lowest BCUT2D eigenvalue weighted by Crippen LogP contribution is -1.85. The summed E-state index contributed by atoms with van der Waals surface area (Å²) in [6.07, 6.45) is 1.46. The van der Waals surface area contributed by atoms with Gasteiger partial charge in [-0.2, -0.15) is 0 Å². The monoisotopic (exact) mass is 160 g/mol. The van der Waals surface area contributed by atoms with Crippen molar-refractivity contribution >= 4 is 0 Å². The van der Waals surface area contributed by atoms with Crippen LogP contribution in [-0.2, 0) is 0 Å². The van der Waals surface area contributed by atoms with Gasteiger partial charge in [-0.15, -0.1) is 0 Å². The topological polar surface area (TPSA) is 9.23 Å². The minimum absolute atomic E-state index is 0.858. The van der Waals surface area contributed by atoms with Gasteiger partial charge in [0.25, 0.3) is 0 Å². The van der Waals surface area contributed by atoms with Crippen LogP contribution in [0.1, 0.15) is 11.1 Å². The van der Waals surface area contributed by atoms with Crippen LogP contribution in [0, 0.1) is 13.8 Å². The van der Waals surface area contributed by atoms with Crippen LogP contribution in [0.3, 0.4) is 0 Å². The van der Waals surface area contributed by atoms with Crippen molar-refractivity contribution in [3.8, 4) is 5.75 Å². The molecule has 1 nitrogen and oxygen atoms in total. The van der Waals surface area contributed by atoms with E-state index in [9.17, 15) is 0 Å². The summed E-state index contributed by atoms with van der Waals surface area (Å²) in [5, 5.41) is 0. The second kappa shape index (κ2) is 3.80. The smallest absolute Gasteiger partial charge is 0.133 e. The fourth-order valence-electron chi connectivity index (χ4n) is 1.04. The first kappa shape index (κ1) is 8.63. The van der Waals surface area contributed by atoms with Gasteiger partial charge in [0.1, 0.15) is 12.0 Å². The molecule has 0 aliphatic rings. The molecule has 1 aromatic carbocycles. The molecule has 62 valence electrons. The zero-order chi connectivity index (χ0) is 8.97. The molecule has 0 aromatic heterocycles. The maximum atomic E-state index is 5.24. The number of hydrogen-bond donors (Lipinski definition) is 0. The predicted molar refractivity (Wildman–Crippen MR) is 50.3 cm³/mol. The van der Waals surface area contributed by atoms with E-state index >= 15 is 0 Å². The fraction of sp³-hybridized carbons (Fsp3) is 0.182. The van der Waals surface area contributed by atoms with Crippen molar-refractivity contribution in [3.63, 3.8) is 0 Å². The summed E-state index contributed by atoms with van der Waals surface area (Å²) < 4.78 is 5.24. The molecule has 0 aliphatic heterocycles. The lowest BCUT2D eigenvalue weighted by Gasteiger charge is -2.03. The largest absolute Gasteiger partial charge is 0.457 e. The Balaban J connectivity index is 2.93. The molecule has 0 radical (unpaired) electrons. The van der Waals surface area contributed by atoms with Crippen molar-refractivity contribution in [2.45, 2.75) is 13.8 Å². The summed E-state index contributed by atoms with van der Waals surface area (Å²) in [4.78, 5) is 0. The molecule has 1 rings (SSSR count). The number of hydrogen-bond acceptors (Lipinski definition) is 1. The maximum Gasteiger partial charge on any atom is 0.133 e. The van der Waals surface area contributed by atoms with Gasteiger partial charge in [-0.1, -0.05) is 30.0 Å². The number of rotatable bonds is 2. The van der Waals surface area contributed by atoms with E-state index in [1.54, 1.807) is 0 Å². The Labute approximate surface area is 73.0 Å². The first-order valence-corrected chi connectivity index (χ1v) is 3.82. The third kappa shape index (κ3) is 2.01. The van der Waals surface area contributed by atoms with Crippen molar-refractivity contribution < 1.29 is 4.74 Å². The Morgan fingerprint density at radius 3 is 2.75 bits per heavy atom. The third-order valence-corrected chi connectivity index (χ3v) is 1.60. The lowest BCUT2D eigenvalue weighted by molar-refractivity contribution is 0.478. The molecule has 0 aliphatic carbocycles. The van der Waals surface area contributed by atoms with Crippen LogP contribution < -0.4 is 4.74 Å². The Kier molecular flexibility index (Phi) is 2.73. The molecule has 1 heteroatoms. The third-order valence-electron chi connectivity index (χ3n) is 1.60. The molecule has 0 heterocycles. The molecule has 0 spiro atoms. The second-order valence-corrected chi connectivity index (χ2v) is 2.71. The van der Waals surface area contributed by atoms with Crippen LogP contribution in [-0.4, -0.2) is 0 Å². The van der Waals surface area contributed by atoms with Gasteiger partial charge in [-0.25, -0.2) is 0 Å². The second-order valence-electron chi connectivity index (χ2n) is 2.71. The summed E-state index contributed by atoms with van der Waals surface area (Å²) in [6.45, 7) is 7.49. The van der Waals surface area contributed by atoms with Gasteiger partial charge in [0.15, 0.2) is 0 Å². The SMILES string of the molecule is C=C=COc1ccc(C)cc1C. The van der Waals surface area contributed by atoms with Crippen LogP contribution >= 0.6 is 0 Å². The molecule has 1 aromatic rings. The van der Waals surface area contributed by atoms with E-state index in [0.717, 1.165) is 11.3 Å². The molecule has 0 fully saturated rings. The number of aryl methyl sites for hydroxylation is 2. The summed E-state index contributed by atoms with van der Waals surface area (Å²) >= 11 is 0. The first-order chi connectivity index (χ1) is 5.74. The first-order valence-electron chi connectivity index (χ1n) is 3.82. The maximum absolute atomic E-state index is 5.24. The lowest BCUT2D eigenvalue weighted by atomic mass is 10.1. The van der Waals surface area contributed by atoms with E-state index in [1.807, 2.05) is 19.1 Å². The average molecular weight is 160 g/mol. The van der Waals surface area contributed by atoms with Gasteiger partial charge >= 0.3 is 0 Å². The fourth-order valence-corrected chi connectivity index (χ4v) is 1.04. The molecule has 0 N–H and O–H groups in total. The normalized spacial score (nSPS) is 8.83. The van der Waals surface area contributed by atoms with Gasteiger partial charge in [0.2, 0.25) is 0 Å². The molecule has 0 saturated heterocycles. The number of ether oxygens (including phenoxy) is 1. The molecule has 0 bridgehead atoms. The Bertz CT molecular complexity index is 320. The average Bonchev–Trinajstić information content (AvgIpc) is 2.03. The van der Waals surface area contributed by atoms with Crippen LogP contribution in [0.15, 0.2) is 36.8 Å². The molecule has 0 atom stereocenters. The van der Waals surface area contributed by atoms with Crippen molar-refractivity contribution in [2.24, 2.45) is 0 Å². The Morgan fingerprint density at radius 2 is 2.17 bits per heavy atom. The minimum Gasteiger partial charge on any atom is -0.457 e. The molecular formula is C11H12O. The summed E-state index contributed by atoms with van der Waals surface area (Å²) in [5.74, 6) is 0.858. The molecular weight excluding hydrogens is 148 g/mol. The van der Waals surface area contributed by atoms with Crippen LogP contribution in [0.4, 0.5) is 0 Å². The Hall–Kier alpha value is -1.46. The van der Waals surface area contributed by atoms with Gasteiger partial charge in [-0.05, 0) is 25.5 Å². The van der Waals surface area contributed by atoms with Gasteiger partial charge in [-0.3, -0.25) is 0 Å². The molecule has 0 unspecified atom stereocenters. The molecule has 0 amide bonds. The van der Waals surface area contributed by atoms with E-state index in [0.29, 0.717) is 0 Å². The standard InChI is InChI=1S/C11H12O/c1-4-7-12-11-6-5-9(2)8-10(11)3/h5-8H,1H2,2-3H3. The molecule has 0 saturated carbocycles. The van der Waals surface area contributed by atoms with E-state index in [-0.39, 0.29) is 0 Å². The Morgan fingerprint density at radius 1 is 1.42 bits per heavy atom. The highest BCUT2D eigenvalue weighted by Crippen LogP contribution is 2.18. The highest BCUT2D eigenvalue weighted by Gasteiger charge is 1.96. The van der Waals surface area contributed by atoms with Gasteiger partial charge < -0.3 is 4.74 Å². The van der Waals surface area contributed by atoms with Crippen molar-refractivity contribution in [1.82, 2.24) is 0 Å². The zero-order valence-electron chi connectivity index (χ0n) is 7.42. The van der Waals surface area contributed by atoms with Crippen molar-refractivity contribution in [1.29, 1.82) is 0 Å². The predicted octanol–water partition coefficient (Wildman–Crippen LogP) is 2.98. The highest BCUT2D eigenvalue weighted by molar-refractivity contribution is 5.36. The van der Waals surface area contributed by atoms with E-state index in [2.05, 4.69) is 25.3 Å². The number of benzene rings is 1. The summed E-state index contributed by atoms with van der Waals surface area (Å²) in [7, 11) is 0. The van der Waals surface area contributed by atoms with Crippen molar-refractivity contribution in [2.75, 3.05) is 0 Å². The van der Waals surface area contributed by atoms with Crippen LogP contribution in [0.5, 0.6) is 5.75 Å². The minimum atomic E-state index is 0.858.